The summed E-state index contributed by atoms with van der Waals surface area (Å²) in [6.45, 7) is 7.63. The number of nitrogens with two attached hydrogens (primary N) is 1. The molecule has 0 aliphatic heterocycles. The maximum absolute atomic E-state index is 11.7. The second kappa shape index (κ2) is 7.14. The Morgan fingerprint density at radius 2 is 1.95 bits per heavy atom. The maximum Gasteiger partial charge on any atom is 0.226 e. The van der Waals surface area contributed by atoms with Gasteiger partial charge in [-0.25, -0.2) is 0 Å². The Balaban J connectivity index is 2.20. The number of nitrogen functional groups attached to an aromatic ring is 1. The molecule has 0 radical (unpaired) electrons. The van der Waals surface area contributed by atoms with E-state index >= 15 is 0 Å². The van der Waals surface area contributed by atoms with Crippen molar-refractivity contribution in [2.45, 2.75) is 33.6 Å². The summed E-state index contributed by atoms with van der Waals surface area (Å²) in [4.78, 5) is 11.7. The fraction of sp³-hybridized carbons (Fsp3) is 0.533. The van der Waals surface area contributed by atoms with Crippen LogP contribution in [0.1, 0.15) is 33.6 Å². The zero-order valence-corrected chi connectivity index (χ0v) is 12.0. The number of nitrogens with one attached hydrogen (secondary N) is 1. The summed E-state index contributed by atoms with van der Waals surface area (Å²) in [6, 6.07) is 7.22. The quantitative estimate of drug-likeness (QED) is 0.613. The largest absolute Gasteiger partial charge is 0.397 e. The number of amides is 1. The van der Waals surface area contributed by atoms with Crippen molar-refractivity contribution in [3.63, 3.8) is 0 Å². The van der Waals surface area contributed by atoms with Crippen molar-refractivity contribution in [3.8, 4) is 0 Å². The first-order valence-electron chi connectivity index (χ1n) is 6.60. The van der Waals surface area contributed by atoms with Gasteiger partial charge in [0.15, 0.2) is 0 Å². The van der Waals surface area contributed by atoms with Crippen molar-refractivity contribution >= 4 is 17.3 Å². The lowest BCUT2D eigenvalue weighted by Crippen LogP contribution is -2.16. The van der Waals surface area contributed by atoms with Gasteiger partial charge in [-0.05, 0) is 24.0 Å². The van der Waals surface area contributed by atoms with Crippen LogP contribution in [0.2, 0.25) is 0 Å². The zero-order chi connectivity index (χ0) is 14.3. The van der Waals surface area contributed by atoms with Gasteiger partial charge in [0.1, 0.15) is 0 Å². The molecule has 4 heteroatoms. The van der Waals surface area contributed by atoms with Crippen LogP contribution in [-0.2, 0) is 9.53 Å². The normalized spacial score (nSPS) is 11.3. The number of ether oxygens (including phenoxy) is 1. The van der Waals surface area contributed by atoms with Crippen LogP contribution in [0.25, 0.3) is 0 Å². The Morgan fingerprint density at radius 1 is 1.26 bits per heavy atom. The molecule has 0 aromatic heterocycles. The van der Waals surface area contributed by atoms with E-state index in [9.17, 15) is 4.79 Å². The molecule has 0 fully saturated rings. The molecule has 0 aliphatic rings. The molecule has 19 heavy (non-hydrogen) atoms. The van der Waals surface area contributed by atoms with Gasteiger partial charge in [-0.2, -0.15) is 0 Å². The molecule has 0 spiro atoms. The van der Waals surface area contributed by atoms with E-state index in [2.05, 4.69) is 26.1 Å². The number of rotatable bonds is 6. The minimum absolute atomic E-state index is 0.0753. The highest BCUT2D eigenvalue weighted by Crippen LogP contribution is 2.18. The Hall–Kier alpha value is -1.55. The van der Waals surface area contributed by atoms with Crippen molar-refractivity contribution in [1.29, 1.82) is 0 Å². The Bertz CT molecular complexity index is 411. The van der Waals surface area contributed by atoms with Gasteiger partial charge in [-0.3, -0.25) is 4.79 Å². The minimum Gasteiger partial charge on any atom is -0.397 e. The summed E-state index contributed by atoms with van der Waals surface area (Å²) in [6.07, 6.45) is 1.33. The van der Waals surface area contributed by atoms with Gasteiger partial charge in [0.25, 0.3) is 0 Å². The molecular weight excluding hydrogens is 240 g/mol. The minimum atomic E-state index is -0.0753. The standard InChI is InChI=1S/C15H24N2O2/c1-15(2,3)9-11-19-10-8-14(18)17-13-7-5-4-6-12(13)16/h4-7H,8-11,16H2,1-3H3,(H,17,18). The lowest BCUT2D eigenvalue weighted by Gasteiger charge is -2.17. The molecule has 0 unspecified atom stereocenters. The van der Waals surface area contributed by atoms with Crippen LogP contribution in [0.4, 0.5) is 11.4 Å². The molecule has 0 atom stereocenters. The van der Waals surface area contributed by atoms with Crippen LogP contribution in [0.5, 0.6) is 0 Å². The topological polar surface area (TPSA) is 64.3 Å². The number of para-hydroxylation sites is 2. The molecule has 0 aliphatic carbocycles. The molecule has 0 saturated carbocycles. The lowest BCUT2D eigenvalue weighted by molar-refractivity contribution is -0.117. The van der Waals surface area contributed by atoms with E-state index in [1.165, 1.54) is 0 Å². The van der Waals surface area contributed by atoms with E-state index in [4.69, 9.17) is 10.5 Å². The second-order valence-electron chi connectivity index (χ2n) is 5.81. The van der Waals surface area contributed by atoms with Crippen LogP contribution < -0.4 is 11.1 Å². The summed E-state index contributed by atoms with van der Waals surface area (Å²) >= 11 is 0. The molecule has 1 amide bonds. The highest BCUT2D eigenvalue weighted by molar-refractivity contribution is 5.93. The first-order valence-corrected chi connectivity index (χ1v) is 6.60. The van der Waals surface area contributed by atoms with Gasteiger partial charge in [-0.1, -0.05) is 32.9 Å². The van der Waals surface area contributed by atoms with Crippen molar-refractivity contribution in [1.82, 2.24) is 0 Å². The van der Waals surface area contributed by atoms with Gasteiger partial charge < -0.3 is 15.8 Å². The predicted molar refractivity (Wildman–Crippen MR) is 79.0 cm³/mol. The zero-order valence-electron chi connectivity index (χ0n) is 12.0. The van der Waals surface area contributed by atoms with Crippen LogP contribution in [0, 0.1) is 5.41 Å². The predicted octanol–water partition coefficient (Wildman–Crippen LogP) is 3.05. The van der Waals surface area contributed by atoms with Crippen LogP contribution in [0.15, 0.2) is 24.3 Å². The highest BCUT2D eigenvalue weighted by atomic mass is 16.5. The number of benzene rings is 1. The number of carbonyl (C=O) groups excluding carboxylic acids is 1. The van der Waals surface area contributed by atoms with Gasteiger partial charge >= 0.3 is 0 Å². The van der Waals surface area contributed by atoms with E-state index < -0.39 is 0 Å². The number of hydrogen-bond acceptors (Lipinski definition) is 3. The molecule has 106 valence electrons. The molecule has 0 bridgehead atoms. The third-order valence-corrected chi connectivity index (χ3v) is 2.70. The third kappa shape index (κ3) is 6.82. The molecule has 4 nitrogen and oxygen atoms in total. The molecule has 0 heterocycles. The van der Waals surface area contributed by atoms with Gasteiger partial charge in [0.05, 0.1) is 24.4 Å². The van der Waals surface area contributed by atoms with E-state index in [1.807, 2.05) is 12.1 Å². The van der Waals surface area contributed by atoms with Crippen LogP contribution >= 0.6 is 0 Å². The average molecular weight is 264 g/mol. The Kier molecular flexibility index (Phi) is 5.83. The van der Waals surface area contributed by atoms with Gasteiger partial charge in [0.2, 0.25) is 5.91 Å². The summed E-state index contributed by atoms with van der Waals surface area (Å²) in [5.41, 5.74) is 7.24. The number of anilines is 2. The van der Waals surface area contributed by atoms with E-state index in [0.717, 1.165) is 6.42 Å². The van der Waals surface area contributed by atoms with E-state index in [0.29, 0.717) is 31.0 Å². The molecule has 1 rings (SSSR count). The fourth-order valence-electron chi connectivity index (χ4n) is 1.47. The maximum atomic E-state index is 11.7. The SMILES string of the molecule is CC(C)(C)CCOCCC(=O)Nc1ccccc1N. The Labute approximate surface area is 115 Å². The summed E-state index contributed by atoms with van der Waals surface area (Å²) in [7, 11) is 0. The monoisotopic (exact) mass is 264 g/mol. The fourth-order valence-corrected chi connectivity index (χ4v) is 1.47. The first kappa shape index (κ1) is 15.5. The van der Waals surface area contributed by atoms with Crippen molar-refractivity contribution in [3.05, 3.63) is 24.3 Å². The summed E-state index contributed by atoms with van der Waals surface area (Å²) in [5, 5.41) is 2.77. The van der Waals surface area contributed by atoms with Crippen molar-refractivity contribution in [2.24, 2.45) is 5.41 Å². The highest BCUT2D eigenvalue weighted by Gasteiger charge is 2.10. The van der Waals surface area contributed by atoms with Gasteiger partial charge in [0, 0.05) is 6.61 Å². The van der Waals surface area contributed by atoms with E-state index in [-0.39, 0.29) is 11.3 Å². The van der Waals surface area contributed by atoms with E-state index in [1.54, 1.807) is 12.1 Å². The molecule has 1 aromatic rings. The summed E-state index contributed by atoms with van der Waals surface area (Å²) < 4.78 is 5.46. The van der Waals surface area contributed by atoms with Crippen LogP contribution in [-0.4, -0.2) is 19.1 Å². The molecule has 1 aromatic carbocycles. The number of carbonyl (C=O) groups is 1. The molecule has 0 saturated heterocycles. The Morgan fingerprint density at radius 3 is 2.58 bits per heavy atom. The van der Waals surface area contributed by atoms with Crippen LogP contribution in [0.3, 0.4) is 0 Å². The molecular formula is C15H24N2O2. The second-order valence-corrected chi connectivity index (χ2v) is 5.81. The first-order chi connectivity index (χ1) is 8.88. The summed E-state index contributed by atoms with van der Waals surface area (Å²) in [5.74, 6) is -0.0753. The van der Waals surface area contributed by atoms with Crippen molar-refractivity contribution in [2.75, 3.05) is 24.3 Å². The average Bonchev–Trinajstić information content (AvgIpc) is 2.30. The van der Waals surface area contributed by atoms with Gasteiger partial charge in [-0.15, -0.1) is 0 Å². The van der Waals surface area contributed by atoms with Crippen molar-refractivity contribution < 1.29 is 9.53 Å². The lowest BCUT2D eigenvalue weighted by atomic mass is 9.93. The third-order valence-electron chi connectivity index (χ3n) is 2.70. The molecule has 3 N–H and O–H groups in total. The smallest absolute Gasteiger partial charge is 0.226 e. The number of hydrogen-bond donors (Lipinski definition) is 2.